The molecule has 0 aromatic heterocycles. The Morgan fingerprint density at radius 2 is 2.29 bits per heavy atom. The molecule has 1 aliphatic heterocycles. The number of nitrogens with one attached hydrogen (secondary N) is 1. The van der Waals surface area contributed by atoms with Gasteiger partial charge in [0.15, 0.2) is 0 Å². The first-order chi connectivity index (χ1) is 8.36. The van der Waals surface area contributed by atoms with E-state index in [9.17, 15) is 0 Å². The van der Waals surface area contributed by atoms with Gasteiger partial charge in [-0.25, -0.2) is 0 Å². The van der Waals surface area contributed by atoms with E-state index in [2.05, 4.69) is 5.32 Å². The van der Waals surface area contributed by atoms with Crippen LogP contribution in [0.1, 0.15) is 6.42 Å². The molecule has 17 heavy (non-hydrogen) atoms. The molecule has 2 rings (SSSR count). The molecule has 0 aliphatic carbocycles. The van der Waals surface area contributed by atoms with Gasteiger partial charge >= 0.3 is 0 Å². The number of ether oxygens (including phenoxy) is 2. The van der Waals surface area contributed by atoms with Crippen LogP contribution in [0.3, 0.4) is 0 Å². The van der Waals surface area contributed by atoms with Gasteiger partial charge in [0.25, 0.3) is 0 Å². The zero-order chi connectivity index (χ0) is 11.9. The van der Waals surface area contributed by atoms with E-state index in [1.54, 1.807) is 0 Å². The van der Waals surface area contributed by atoms with Crippen molar-refractivity contribution in [2.45, 2.75) is 6.42 Å². The Balaban J connectivity index is 1.58. The number of para-hydroxylation sites is 1. The maximum atomic E-state index is 5.98. The third-order valence-corrected chi connectivity index (χ3v) is 3.14. The van der Waals surface area contributed by atoms with Crippen molar-refractivity contribution >= 4 is 11.6 Å². The summed E-state index contributed by atoms with van der Waals surface area (Å²) < 4.78 is 10.9. The summed E-state index contributed by atoms with van der Waals surface area (Å²) in [5, 5.41) is 4.03. The Kier molecular flexibility index (Phi) is 5.10. The molecule has 1 unspecified atom stereocenters. The lowest BCUT2D eigenvalue weighted by atomic mass is 10.1. The standard InChI is InChI=1S/C13H18ClNO2/c14-12-3-1-2-4-13(12)17-8-6-15-9-11-5-7-16-10-11/h1-4,11,15H,5-10H2. The minimum Gasteiger partial charge on any atom is -0.491 e. The monoisotopic (exact) mass is 255 g/mol. The molecule has 1 saturated heterocycles. The molecule has 0 saturated carbocycles. The predicted octanol–water partition coefficient (Wildman–Crippen LogP) is 2.34. The molecule has 1 fully saturated rings. The third-order valence-electron chi connectivity index (χ3n) is 2.83. The van der Waals surface area contributed by atoms with Crippen LogP contribution in [-0.2, 0) is 4.74 Å². The van der Waals surface area contributed by atoms with Gasteiger partial charge in [0, 0.05) is 19.7 Å². The van der Waals surface area contributed by atoms with Crippen molar-refractivity contribution in [2.24, 2.45) is 5.92 Å². The summed E-state index contributed by atoms with van der Waals surface area (Å²) in [7, 11) is 0. The van der Waals surface area contributed by atoms with Crippen LogP contribution >= 0.6 is 11.6 Å². The lowest BCUT2D eigenvalue weighted by Gasteiger charge is -2.11. The topological polar surface area (TPSA) is 30.5 Å². The summed E-state index contributed by atoms with van der Waals surface area (Å²) in [5.74, 6) is 1.41. The van der Waals surface area contributed by atoms with Gasteiger partial charge in [-0.1, -0.05) is 23.7 Å². The second-order valence-corrected chi connectivity index (χ2v) is 4.62. The fourth-order valence-corrected chi connectivity index (χ4v) is 2.04. The van der Waals surface area contributed by atoms with Gasteiger partial charge in [0.1, 0.15) is 12.4 Å². The quantitative estimate of drug-likeness (QED) is 0.792. The van der Waals surface area contributed by atoms with Crippen LogP contribution in [0, 0.1) is 5.92 Å². The van der Waals surface area contributed by atoms with E-state index in [4.69, 9.17) is 21.1 Å². The van der Waals surface area contributed by atoms with Gasteiger partial charge in [0.2, 0.25) is 0 Å². The van der Waals surface area contributed by atoms with Gasteiger partial charge in [-0.15, -0.1) is 0 Å². The lowest BCUT2D eigenvalue weighted by molar-refractivity contribution is 0.185. The van der Waals surface area contributed by atoms with E-state index >= 15 is 0 Å². The molecule has 3 nitrogen and oxygen atoms in total. The Morgan fingerprint density at radius 1 is 1.41 bits per heavy atom. The number of hydrogen-bond donors (Lipinski definition) is 1. The summed E-state index contributed by atoms with van der Waals surface area (Å²) >= 11 is 5.98. The first-order valence-electron chi connectivity index (χ1n) is 6.02. The van der Waals surface area contributed by atoms with Gasteiger partial charge < -0.3 is 14.8 Å². The molecule has 1 heterocycles. The zero-order valence-corrected chi connectivity index (χ0v) is 10.6. The first kappa shape index (κ1) is 12.7. The highest BCUT2D eigenvalue weighted by Crippen LogP contribution is 2.22. The van der Waals surface area contributed by atoms with Crippen molar-refractivity contribution in [2.75, 3.05) is 32.9 Å². The predicted molar refractivity (Wildman–Crippen MR) is 68.7 cm³/mol. The largest absolute Gasteiger partial charge is 0.491 e. The van der Waals surface area contributed by atoms with Gasteiger partial charge in [-0.2, -0.15) is 0 Å². The second-order valence-electron chi connectivity index (χ2n) is 4.21. The third kappa shape index (κ3) is 4.19. The van der Waals surface area contributed by atoms with Crippen molar-refractivity contribution in [1.82, 2.24) is 5.32 Å². The Hall–Kier alpha value is -0.770. The van der Waals surface area contributed by atoms with Crippen molar-refractivity contribution in [3.8, 4) is 5.75 Å². The summed E-state index contributed by atoms with van der Waals surface area (Å²) in [5.41, 5.74) is 0. The maximum Gasteiger partial charge on any atom is 0.137 e. The van der Waals surface area contributed by atoms with Gasteiger partial charge in [0.05, 0.1) is 11.6 Å². The van der Waals surface area contributed by atoms with Crippen LogP contribution in [-0.4, -0.2) is 32.9 Å². The summed E-state index contributed by atoms with van der Waals surface area (Å²) in [6, 6.07) is 7.53. The van der Waals surface area contributed by atoms with E-state index < -0.39 is 0 Å². The number of halogens is 1. The van der Waals surface area contributed by atoms with Crippen molar-refractivity contribution in [1.29, 1.82) is 0 Å². The molecular weight excluding hydrogens is 238 g/mol. The fourth-order valence-electron chi connectivity index (χ4n) is 1.85. The molecule has 4 heteroatoms. The highest BCUT2D eigenvalue weighted by atomic mass is 35.5. The maximum absolute atomic E-state index is 5.98. The van der Waals surface area contributed by atoms with Crippen LogP contribution in [0.15, 0.2) is 24.3 Å². The van der Waals surface area contributed by atoms with Crippen molar-refractivity contribution in [3.05, 3.63) is 29.3 Å². The summed E-state index contributed by atoms with van der Waals surface area (Å²) in [6.07, 6.45) is 1.17. The lowest BCUT2D eigenvalue weighted by Crippen LogP contribution is -2.27. The number of hydrogen-bond acceptors (Lipinski definition) is 3. The van der Waals surface area contributed by atoms with Crippen LogP contribution in [0.2, 0.25) is 5.02 Å². The highest BCUT2D eigenvalue weighted by Gasteiger charge is 2.14. The molecular formula is C13H18ClNO2. The van der Waals surface area contributed by atoms with E-state index in [1.165, 1.54) is 6.42 Å². The molecule has 1 aromatic carbocycles. The van der Waals surface area contributed by atoms with E-state index in [0.717, 1.165) is 32.1 Å². The minimum absolute atomic E-state index is 0.636. The molecule has 1 aromatic rings. The fraction of sp³-hybridized carbons (Fsp3) is 0.538. The molecule has 0 bridgehead atoms. The minimum atomic E-state index is 0.636. The second kappa shape index (κ2) is 6.84. The van der Waals surface area contributed by atoms with Crippen LogP contribution in [0.5, 0.6) is 5.75 Å². The smallest absolute Gasteiger partial charge is 0.137 e. The zero-order valence-electron chi connectivity index (χ0n) is 9.82. The molecule has 1 aliphatic rings. The highest BCUT2D eigenvalue weighted by molar-refractivity contribution is 6.32. The van der Waals surface area contributed by atoms with Crippen LogP contribution < -0.4 is 10.1 Å². The SMILES string of the molecule is Clc1ccccc1OCCNCC1CCOC1. The Labute approximate surface area is 107 Å². The molecule has 0 radical (unpaired) electrons. The van der Waals surface area contributed by atoms with Crippen LogP contribution in [0.4, 0.5) is 0 Å². The average Bonchev–Trinajstić information content (AvgIpc) is 2.84. The summed E-state index contributed by atoms with van der Waals surface area (Å²) in [6.45, 7) is 4.27. The Morgan fingerprint density at radius 3 is 3.06 bits per heavy atom. The molecule has 1 N–H and O–H groups in total. The normalized spacial score (nSPS) is 19.5. The molecule has 94 valence electrons. The van der Waals surface area contributed by atoms with E-state index in [0.29, 0.717) is 17.5 Å². The van der Waals surface area contributed by atoms with Crippen molar-refractivity contribution < 1.29 is 9.47 Å². The van der Waals surface area contributed by atoms with Gasteiger partial charge in [-0.3, -0.25) is 0 Å². The molecule has 0 spiro atoms. The number of benzene rings is 1. The van der Waals surface area contributed by atoms with E-state index in [1.807, 2.05) is 24.3 Å². The first-order valence-corrected chi connectivity index (χ1v) is 6.40. The Bertz CT molecular complexity index is 340. The van der Waals surface area contributed by atoms with Crippen LogP contribution in [0.25, 0.3) is 0 Å². The van der Waals surface area contributed by atoms with Crippen molar-refractivity contribution in [3.63, 3.8) is 0 Å². The van der Waals surface area contributed by atoms with Gasteiger partial charge in [-0.05, 0) is 24.5 Å². The number of rotatable bonds is 6. The molecule has 0 amide bonds. The molecule has 1 atom stereocenters. The van der Waals surface area contributed by atoms with E-state index in [-0.39, 0.29) is 0 Å². The summed E-state index contributed by atoms with van der Waals surface area (Å²) in [4.78, 5) is 0. The average molecular weight is 256 g/mol.